The number of hydrogen-bond acceptors (Lipinski definition) is 12. The number of aryl methyl sites for hydroxylation is 1. The fourth-order valence-corrected chi connectivity index (χ4v) is 13.3. The number of amides is 5. The lowest BCUT2D eigenvalue weighted by Crippen LogP contribution is -2.58. The SMILES string of the molecule is Cc1ncsc1-c1ccc([C@H](C)NC(=O)[C@@H]2C[C@@H](O)CN2C(=O)C(NC(=O)CC2CCN(c3ccc(C(=O)N4CC([C@@H](c5ccccc5)n5cc(NC(=O)c6n[nH]c7c6C[C@@H]6C(F)(F)[C@]6(C)C7)cn5)C4)nc3)CC2)C(C)(C)C)cc1. The highest BCUT2D eigenvalue weighted by molar-refractivity contribution is 7.13. The number of fused-ring (bicyclic) bond motifs is 2. The van der Waals surface area contributed by atoms with Crippen LogP contribution < -0.4 is 20.9 Å². The van der Waals surface area contributed by atoms with Gasteiger partial charge in [0.05, 0.1) is 58.0 Å². The zero-order chi connectivity index (χ0) is 56.4. The number of H-pyrrole nitrogens is 1. The highest BCUT2D eigenvalue weighted by Crippen LogP contribution is 2.70. The first-order valence-electron chi connectivity index (χ1n) is 27.6. The molecule has 2 aliphatic carbocycles. The number of aromatic amines is 1. The fraction of sp³-hybridized carbons (Fsp3) is 0.475. The third kappa shape index (κ3) is 10.5. The van der Waals surface area contributed by atoms with Gasteiger partial charge in [0.2, 0.25) is 17.7 Å². The molecule has 5 amide bonds. The second-order valence-corrected chi connectivity index (χ2v) is 24.8. The van der Waals surface area contributed by atoms with Crippen molar-refractivity contribution < 1.29 is 37.9 Å². The molecule has 7 atom stereocenters. The Morgan fingerprint density at radius 2 is 1.66 bits per heavy atom. The van der Waals surface area contributed by atoms with E-state index < -0.39 is 52.7 Å². The molecule has 1 saturated carbocycles. The van der Waals surface area contributed by atoms with E-state index >= 15 is 0 Å². The van der Waals surface area contributed by atoms with Gasteiger partial charge in [0.25, 0.3) is 17.7 Å². The normalized spacial score (nSPS) is 22.8. The van der Waals surface area contributed by atoms with Crippen LogP contribution in [-0.4, -0.2) is 131 Å². The molecule has 3 saturated heterocycles. The Morgan fingerprint density at radius 3 is 2.34 bits per heavy atom. The standard InChI is InChI=1S/C59H68F2N12O6S/c1-33(36-12-14-38(15-13-36)51-34(2)63-32-80-51)65-53(76)46-23-42(74)31-72(46)56(79)52(57(3,4)5)67-48(75)22-35-18-20-70(21-19-35)41-16-17-44(62-27-41)55(78)71-28-39(29-71)50(37-10-8-7-9-11-37)73-30-40(26-64-73)66-54(77)49-43-24-47-58(6,59(47,60)61)25-45(43)68-69-49/h7-17,26-27,30,32-33,35,39,42,46-47,50,52,74H,18-25,28-29,31H2,1-6H3,(H,65,76)(H,66,77)(H,67,75)(H,68,69)/t33-,42+,46-,47-,50+,52?,58+/m0/s1. The average Bonchev–Trinajstić information content (AvgIpc) is 4.18. The molecule has 6 aromatic rings. The predicted octanol–water partition coefficient (Wildman–Crippen LogP) is 7.39. The molecule has 7 heterocycles. The number of alkyl halides is 2. The number of hydrogen-bond donors (Lipinski definition) is 5. The van der Waals surface area contributed by atoms with Gasteiger partial charge >= 0.3 is 0 Å². The van der Waals surface area contributed by atoms with Gasteiger partial charge in [-0.3, -0.25) is 33.8 Å². The average molecular weight is 1110 g/mol. The van der Waals surface area contributed by atoms with Crippen molar-refractivity contribution in [3.63, 3.8) is 0 Å². The number of aromatic nitrogens is 6. The van der Waals surface area contributed by atoms with Gasteiger partial charge in [-0.2, -0.15) is 10.2 Å². The molecule has 0 spiro atoms. The Morgan fingerprint density at radius 1 is 0.925 bits per heavy atom. The number of likely N-dealkylation sites (tertiary alicyclic amines) is 2. The number of anilines is 2. The highest BCUT2D eigenvalue weighted by atomic mass is 32.1. The van der Waals surface area contributed by atoms with E-state index in [1.807, 2.05) is 101 Å². The first-order chi connectivity index (χ1) is 38.2. The number of carbonyl (C=O) groups is 5. The summed E-state index contributed by atoms with van der Waals surface area (Å²) in [6.45, 7) is 13.3. The number of pyridine rings is 1. The molecule has 420 valence electrons. The van der Waals surface area contributed by atoms with Crippen LogP contribution in [0.5, 0.6) is 0 Å². The summed E-state index contributed by atoms with van der Waals surface area (Å²) >= 11 is 1.57. The van der Waals surface area contributed by atoms with Crippen LogP contribution in [0, 0.1) is 35.5 Å². The summed E-state index contributed by atoms with van der Waals surface area (Å²) in [4.78, 5) is 84.6. The van der Waals surface area contributed by atoms with Crippen molar-refractivity contribution in [2.75, 3.05) is 42.9 Å². The van der Waals surface area contributed by atoms with E-state index in [1.165, 1.54) is 4.90 Å². The van der Waals surface area contributed by atoms with Crippen LogP contribution in [0.3, 0.4) is 0 Å². The minimum Gasteiger partial charge on any atom is -0.391 e. The van der Waals surface area contributed by atoms with Crippen LogP contribution in [0.1, 0.15) is 121 Å². The third-order valence-corrected chi connectivity index (χ3v) is 18.4. The quantitative estimate of drug-likeness (QED) is 0.0682. The highest BCUT2D eigenvalue weighted by Gasteiger charge is 2.78. The van der Waals surface area contributed by atoms with Crippen LogP contribution >= 0.6 is 11.3 Å². The third-order valence-electron chi connectivity index (χ3n) is 17.4. The van der Waals surface area contributed by atoms with Crippen molar-refractivity contribution in [3.8, 4) is 10.4 Å². The van der Waals surface area contributed by atoms with Gasteiger partial charge in [0.1, 0.15) is 17.8 Å². The maximum Gasteiger partial charge on any atom is 0.276 e. The van der Waals surface area contributed by atoms with Crippen molar-refractivity contribution >= 4 is 52.2 Å². The fourth-order valence-electron chi connectivity index (χ4n) is 12.5. The maximum absolute atomic E-state index is 14.6. The molecule has 1 unspecified atom stereocenters. The Balaban J connectivity index is 0.652. The summed E-state index contributed by atoms with van der Waals surface area (Å²) in [6, 6.07) is 19.0. The van der Waals surface area contributed by atoms with Gasteiger partial charge < -0.3 is 35.8 Å². The van der Waals surface area contributed by atoms with Gasteiger partial charge in [0, 0.05) is 86.7 Å². The van der Waals surface area contributed by atoms with E-state index in [4.69, 9.17) is 0 Å². The molecule has 4 fully saturated rings. The monoisotopic (exact) mass is 1110 g/mol. The number of halogens is 2. The number of nitrogens with zero attached hydrogens (tertiary/aromatic N) is 8. The van der Waals surface area contributed by atoms with Gasteiger partial charge in [-0.05, 0) is 73.3 Å². The molecular formula is C59H68F2N12O6S. The van der Waals surface area contributed by atoms with E-state index in [0.29, 0.717) is 48.8 Å². The topological polar surface area (TPSA) is 224 Å². The Labute approximate surface area is 467 Å². The van der Waals surface area contributed by atoms with E-state index in [0.717, 1.165) is 45.8 Å². The summed E-state index contributed by atoms with van der Waals surface area (Å²) in [7, 11) is 0. The lowest BCUT2D eigenvalue weighted by molar-refractivity contribution is -0.144. The lowest BCUT2D eigenvalue weighted by atomic mass is 9.85. The molecule has 0 bridgehead atoms. The van der Waals surface area contributed by atoms with Crippen LogP contribution in [0.2, 0.25) is 0 Å². The van der Waals surface area contributed by atoms with E-state index in [1.54, 1.807) is 52.5 Å². The summed E-state index contributed by atoms with van der Waals surface area (Å²) in [5.41, 5.74) is 6.76. The van der Waals surface area contributed by atoms with Crippen molar-refractivity contribution in [2.24, 2.45) is 28.6 Å². The zero-order valence-electron chi connectivity index (χ0n) is 45.8. The van der Waals surface area contributed by atoms with Gasteiger partial charge in [-0.1, -0.05) is 82.3 Å². The van der Waals surface area contributed by atoms with Gasteiger partial charge in [-0.25, -0.2) is 18.7 Å². The van der Waals surface area contributed by atoms with Crippen LogP contribution in [0.15, 0.2) is 90.8 Å². The van der Waals surface area contributed by atoms with Crippen LogP contribution in [-0.2, 0) is 27.2 Å². The summed E-state index contributed by atoms with van der Waals surface area (Å²) < 4.78 is 30.9. The van der Waals surface area contributed by atoms with Gasteiger partial charge in [0.15, 0.2) is 5.69 Å². The minimum atomic E-state index is -2.77. The van der Waals surface area contributed by atoms with E-state index in [2.05, 4.69) is 46.1 Å². The summed E-state index contributed by atoms with van der Waals surface area (Å²) in [6.07, 6.45) is 6.13. The number of benzene rings is 2. The lowest BCUT2D eigenvalue weighted by Gasteiger charge is -2.43. The molecule has 2 aromatic carbocycles. The van der Waals surface area contributed by atoms with E-state index in [9.17, 15) is 37.9 Å². The summed E-state index contributed by atoms with van der Waals surface area (Å²) in [5.74, 6) is -5.22. The van der Waals surface area contributed by atoms with Crippen LogP contribution in [0.25, 0.3) is 10.4 Å². The number of rotatable bonds is 15. The zero-order valence-corrected chi connectivity index (χ0v) is 46.6. The molecular weight excluding hydrogens is 1040 g/mol. The first-order valence-corrected chi connectivity index (χ1v) is 28.5. The molecule has 4 aromatic heterocycles. The van der Waals surface area contributed by atoms with Crippen LogP contribution in [0.4, 0.5) is 20.2 Å². The molecule has 0 radical (unpaired) electrons. The summed E-state index contributed by atoms with van der Waals surface area (Å²) in [5, 5.41) is 31.4. The number of β-amino-alcohol motifs (C(OH)–C–C–N with tert-alkyl or cyclic N) is 1. The largest absolute Gasteiger partial charge is 0.391 e. The Kier molecular flexibility index (Phi) is 14.5. The number of aliphatic hydroxyl groups excluding tert-OH is 1. The van der Waals surface area contributed by atoms with Crippen molar-refractivity contribution in [3.05, 3.63) is 130 Å². The number of aliphatic hydroxyl groups is 1. The Hall–Kier alpha value is -7.39. The number of nitrogens with one attached hydrogen (secondary N) is 4. The maximum atomic E-state index is 14.6. The first kappa shape index (κ1) is 54.6. The molecule has 21 heteroatoms. The number of thiazole rings is 1. The van der Waals surface area contributed by atoms with Crippen molar-refractivity contribution in [2.45, 2.75) is 116 Å². The Bertz CT molecular complexity index is 3290. The van der Waals surface area contributed by atoms with E-state index in [-0.39, 0.29) is 79.6 Å². The predicted molar refractivity (Wildman–Crippen MR) is 297 cm³/mol. The molecule has 5 aliphatic rings. The smallest absolute Gasteiger partial charge is 0.276 e. The van der Waals surface area contributed by atoms with Crippen molar-refractivity contribution in [1.29, 1.82) is 0 Å². The molecule has 80 heavy (non-hydrogen) atoms. The molecule has 18 nitrogen and oxygen atoms in total. The number of piperidine rings is 1. The van der Waals surface area contributed by atoms with Gasteiger partial charge in [-0.15, -0.1) is 11.3 Å². The van der Waals surface area contributed by atoms with Crippen molar-refractivity contribution in [1.82, 2.24) is 50.4 Å². The molecule has 11 rings (SSSR count). The second-order valence-electron chi connectivity index (χ2n) is 23.9. The minimum absolute atomic E-state index is 0.00532. The molecule has 3 aliphatic heterocycles. The second kappa shape index (κ2) is 21.3. The number of carbonyl (C=O) groups excluding carboxylic acids is 5. The molecule has 5 N–H and O–H groups in total.